The van der Waals surface area contributed by atoms with Crippen molar-refractivity contribution in [1.82, 2.24) is 0 Å². The highest BCUT2D eigenvalue weighted by molar-refractivity contribution is 5.93. The predicted molar refractivity (Wildman–Crippen MR) is 107 cm³/mol. The summed E-state index contributed by atoms with van der Waals surface area (Å²) in [6.07, 6.45) is -2.11. The van der Waals surface area contributed by atoms with E-state index < -0.39 is 41.2 Å². The molecule has 0 unspecified atom stereocenters. The second kappa shape index (κ2) is 7.75. The van der Waals surface area contributed by atoms with Gasteiger partial charge in [-0.3, -0.25) is 0 Å². The number of carbonyl (C=O) groups is 1. The van der Waals surface area contributed by atoms with Gasteiger partial charge in [-0.2, -0.15) is 0 Å². The van der Waals surface area contributed by atoms with Crippen molar-refractivity contribution in [3.63, 3.8) is 0 Å². The van der Waals surface area contributed by atoms with Crippen LogP contribution in [0.3, 0.4) is 0 Å². The second-order valence-electron chi connectivity index (χ2n) is 7.23. The van der Waals surface area contributed by atoms with E-state index in [1.807, 2.05) is 0 Å². The van der Waals surface area contributed by atoms with E-state index in [4.69, 9.17) is 9.47 Å². The van der Waals surface area contributed by atoms with Crippen LogP contribution in [-0.4, -0.2) is 47.8 Å². The number of phenolic OH excluding ortho intramolecular Hbond substituents is 6. The van der Waals surface area contributed by atoms with E-state index in [2.05, 4.69) is 0 Å². The van der Waals surface area contributed by atoms with Crippen LogP contribution in [-0.2, 0) is 6.42 Å². The molecule has 10 heteroatoms. The molecule has 7 N–H and O–H groups in total. The maximum atomic E-state index is 12.5. The maximum Gasteiger partial charge on any atom is 0.343 e. The fraction of sp³-hybridized carbons (Fsp3) is 0.136. The summed E-state index contributed by atoms with van der Waals surface area (Å²) in [6.45, 7) is 0. The molecule has 0 spiro atoms. The third-order valence-corrected chi connectivity index (χ3v) is 5.01. The van der Waals surface area contributed by atoms with Gasteiger partial charge in [0.05, 0.1) is 11.7 Å². The molecule has 0 saturated heterocycles. The van der Waals surface area contributed by atoms with Crippen LogP contribution >= 0.6 is 0 Å². The second-order valence-corrected chi connectivity index (χ2v) is 7.23. The number of phenols is 6. The van der Waals surface area contributed by atoms with Crippen LogP contribution in [0.15, 0.2) is 42.5 Å². The number of benzene rings is 3. The summed E-state index contributed by atoms with van der Waals surface area (Å²) in [6, 6.07) is 8.14. The number of hydrogen-bond donors (Lipinski definition) is 7. The number of fused-ring (bicyclic) bond motifs is 1. The Hall–Kier alpha value is -4.31. The zero-order valence-electron chi connectivity index (χ0n) is 16.3. The predicted octanol–water partition coefficient (Wildman–Crippen LogP) is 2.18. The van der Waals surface area contributed by atoms with Crippen molar-refractivity contribution in [3.05, 3.63) is 59.2 Å². The van der Waals surface area contributed by atoms with Gasteiger partial charge in [-0.25, -0.2) is 4.79 Å². The summed E-state index contributed by atoms with van der Waals surface area (Å²) < 4.78 is 11.1. The molecule has 0 saturated carbocycles. The van der Waals surface area contributed by atoms with Gasteiger partial charge in [-0.05, 0) is 29.8 Å². The molecular formula is C22H18O10. The minimum atomic E-state index is -1.13. The van der Waals surface area contributed by atoms with Crippen molar-refractivity contribution < 1.29 is 50.0 Å². The van der Waals surface area contributed by atoms with Crippen molar-refractivity contribution in [2.45, 2.75) is 18.6 Å². The number of aromatic hydroxyl groups is 6. The summed E-state index contributed by atoms with van der Waals surface area (Å²) >= 11 is 0. The lowest BCUT2D eigenvalue weighted by molar-refractivity contribution is 0.0194. The zero-order chi connectivity index (χ0) is 23.2. The van der Waals surface area contributed by atoms with Crippen LogP contribution in [0.5, 0.6) is 46.0 Å². The Kier molecular flexibility index (Phi) is 5.07. The lowest BCUT2D eigenvalue weighted by Gasteiger charge is -2.32. The summed E-state index contributed by atoms with van der Waals surface area (Å²) in [4.78, 5) is 12.5. The Morgan fingerprint density at radius 1 is 0.875 bits per heavy atom. The van der Waals surface area contributed by atoms with Gasteiger partial charge in [-0.15, -0.1) is 0 Å². The largest absolute Gasteiger partial charge is 0.508 e. The van der Waals surface area contributed by atoms with Crippen molar-refractivity contribution in [2.75, 3.05) is 0 Å². The number of rotatable bonds is 3. The van der Waals surface area contributed by atoms with E-state index in [1.165, 1.54) is 24.3 Å². The molecule has 0 fully saturated rings. The summed E-state index contributed by atoms with van der Waals surface area (Å²) in [7, 11) is 0. The third kappa shape index (κ3) is 3.74. The molecule has 3 aromatic rings. The number of aliphatic hydroxyl groups excluding tert-OH is 1. The molecule has 3 aromatic carbocycles. The first-order chi connectivity index (χ1) is 15.1. The van der Waals surface area contributed by atoms with Gasteiger partial charge in [0.25, 0.3) is 0 Å². The highest BCUT2D eigenvalue weighted by Gasteiger charge is 2.33. The lowest BCUT2D eigenvalue weighted by Crippen LogP contribution is -2.30. The molecule has 0 aliphatic carbocycles. The Morgan fingerprint density at radius 3 is 2.22 bits per heavy atom. The number of ether oxygens (including phenoxy) is 2. The standard InChI is InChI=1S/C22H18O10/c23-11-6-18-12(8-17(28)21(31-18)9-1-2-13(24)14(25)3-9)19(7-11)32-22(30)10-4-15(26)20(29)16(27)5-10/h1-7,17,21,23-29H,8H2/t17-,21+/m0/s1. The van der Waals surface area contributed by atoms with Crippen LogP contribution < -0.4 is 9.47 Å². The molecule has 0 aromatic heterocycles. The lowest BCUT2D eigenvalue weighted by atomic mass is 9.94. The molecule has 1 aliphatic rings. The van der Waals surface area contributed by atoms with Crippen LogP contribution in [0, 0.1) is 0 Å². The van der Waals surface area contributed by atoms with E-state index in [1.54, 1.807) is 0 Å². The van der Waals surface area contributed by atoms with Crippen molar-refractivity contribution in [3.8, 4) is 46.0 Å². The van der Waals surface area contributed by atoms with Crippen LogP contribution in [0.4, 0.5) is 0 Å². The Bertz CT molecular complexity index is 1200. The SMILES string of the molecule is O=C(Oc1cc(O)cc2c1C[C@H](O)[C@@H](c1ccc(O)c(O)c1)O2)c1cc(O)c(O)c(O)c1. The molecule has 166 valence electrons. The molecule has 0 amide bonds. The average molecular weight is 442 g/mol. The van der Waals surface area contributed by atoms with Gasteiger partial charge in [0, 0.05) is 24.1 Å². The number of aliphatic hydroxyl groups is 1. The van der Waals surface area contributed by atoms with Crippen molar-refractivity contribution in [1.29, 1.82) is 0 Å². The highest BCUT2D eigenvalue weighted by atomic mass is 16.5. The monoisotopic (exact) mass is 442 g/mol. The fourth-order valence-corrected chi connectivity index (χ4v) is 3.42. The van der Waals surface area contributed by atoms with Gasteiger partial charge in [0.15, 0.2) is 28.7 Å². The molecular weight excluding hydrogens is 424 g/mol. The Morgan fingerprint density at radius 2 is 1.56 bits per heavy atom. The van der Waals surface area contributed by atoms with E-state index in [0.717, 1.165) is 18.2 Å². The van der Waals surface area contributed by atoms with Gasteiger partial charge in [0.2, 0.25) is 0 Å². The number of esters is 1. The molecule has 0 bridgehead atoms. The Balaban J connectivity index is 1.65. The molecule has 4 rings (SSSR count). The quantitative estimate of drug-likeness (QED) is 0.181. The first kappa shape index (κ1) is 20.9. The molecule has 10 nitrogen and oxygen atoms in total. The minimum Gasteiger partial charge on any atom is -0.508 e. The van der Waals surface area contributed by atoms with E-state index in [9.17, 15) is 40.5 Å². The minimum absolute atomic E-state index is 0.0450. The maximum absolute atomic E-state index is 12.5. The average Bonchev–Trinajstić information content (AvgIpc) is 2.73. The molecule has 1 aliphatic heterocycles. The van der Waals surface area contributed by atoms with E-state index in [0.29, 0.717) is 5.56 Å². The van der Waals surface area contributed by atoms with Crippen LogP contribution in [0.2, 0.25) is 0 Å². The number of carbonyl (C=O) groups excluding carboxylic acids is 1. The summed E-state index contributed by atoms with van der Waals surface area (Å²) in [5, 5.41) is 68.5. The molecule has 1 heterocycles. The van der Waals surface area contributed by atoms with Gasteiger partial charge in [0.1, 0.15) is 23.4 Å². The normalized spacial score (nSPS) is 17.3. The smallest absolute Gasteiger partial charge is 0.343 e. The number of hydrogen-bond acceptors (Lipinski definition) is 10. The Labute approximate surface area is 180 Å². The van der Waals surface area contributed by atoms with Gasteiger partial charge >= 0.3 is 5.97 Å². The van der Waals surface area contributed by atoms with Crippen molar-refractivity contribution >= 4 is 5.97 Å². The molecule has 0 radical (unpaired) electrons. The van der Waals surface area contributed by atoms with Gasteiger partial charge < -0.3 is 45.2 Å². The highest BCUT2D eigenvalue weighted by Crippen LogP contribution is 2.44. The van der Waals surface area contributed by atoms with E-state index >= 15 is 0 Å². The first-order valence-electron chi connectivity index (χ1n) is 9.33. The van der Waals surface area contributed by atoms with Crippen molar-refractivity contribution in [2.24, 2.45) is 0 Å². The summed E-state index contributed by atoms with van der Waals surface area (Å²) in [5.41, 5.74) is 0.370. The van der Waals surface area contributed by atoms with Crippen LogP contribution in [0.25, 0.3) is 0 Å². The fourth-order valence-electron chi connectivity index (χ4n) is 3.42. The summed E-state index contributed by atoms with van der Waals surface area (Å²) in [5.74, 6) is -4.29. The third-order valence-electron chi connectivity index (χ3n) is 5.01. The zero-order valence-corrected chi connectivity index (χ0v) is 16.3. The van der Waals surface area contributed by atoms with Crippen LogP contribution in [0.1, 0.15) is 27.6 Å². The first-order valence-corrected chi connectivity index (χ1v) is 9.33. The van der Waals surface area contributed by atoms with Gasteiger partial charge in [-0.1, -0.05) is 6.07 Å². The molecule has 32 heavy (non-hydrogen) atoms. The molecule has 2 atom stereocenters. The topological polar surface area (TPSA) is 177 Å². The van der Waals surface area contributed by atoms with E-state index in [-0.39, 0.29) is 40.5 Å².